The van der Waals surface area contributed by atoms with Crippen LogP contribution in [0.1, 0.15) is 47.9 Å². The Kier molecular flexibility index (Phi) is 5.92. The number of aryl methyl sites for hydroxylation is 2. The molecule has 32 heavy (non-hydrogen) atoms. The Bertz CT molecular complexity index is 1340. The van der Waals surface area contributed by atoms with E-state index in [1.165, 1.54) is 34.6 Å². The molecular weight excluding hydrogens is 428 g/mol. The van der Waals surface area contributed by atoms with Gasteiger partial charge in [0.15, 0.2) is 11.2 Å². The van der Waals surface area contributed by atoms with Crippen LogP contribution in [0, 0.1) is 13.8 Å². The van der Waals surface area contributed by atoms with Crippen molar-refractivity contribution in [2.24, 2.45) is 0 Å². The zero-order chi connectivity index (χ0) is 23.0. The van der Waals surface area contributed by atoms with Crippen LogP contribution in [0.25, 0.3) is 11.0 Å². The van der Waals surface area contributed by atoms with E-state index >= 15 is 0 Å². The Balaban J connectivity index is 1.56. The minimum atomic E-state index is -3.59. The first-order chi connectivity index (χ1) is 15.2. The number of hydrogen-bond donors (Lipinski definition) is 1. The molecule has 4 rings (SSSR count). The van der Waals surface area contributed by atoms with Crippen LogP contribution >= 0.6 is 0 Å². The van der Waals surface area contributed by atoms with Crippen LogP contribution in [0.3, 0.4) is 0 Å². The van der Waals surface area contributed by atoms with E-state index in [1.807, 2.05) is 26.8 Å². The lowest BCUT2D eigenvalue weighted by Crippen LogP contribution is -2.41. The number of carbonyl (C=O) groups excluding carboxylic acids is 1. The highest BCUT2D eigenvalue weighted by atomic mass is 32.2. The quantitative estimate of drug-likeness (QED) is 0.636. The summed E-state index contributed by atoms with van der Waals surface area (Å²) in [4.78, 5) is 25.4. The van der Waals surface area contributed by atoms with Crippen LogP contribution < -0.4 is 10.7 Å². The number of hydrogen-bond acceptors (Lipinski definition) is 5. The summed E-state index contributed by atoms with van der Waals surface area (Å²) >= 11 is 0. The van der Waals surface area contributed by atoms with Crippen LogP contribution in [0.5, 0.6) is 0 Å². The van der Waals surface area contributed by atoms with Crippen molar-refractivity contribution in [3.63, 3.8) is 0 Å². The molecule has 168 valence electrons. The topological polar surface area (TPSA) is 96.7 Å². The highest BCUT2D eigenvalue weighted by molar-refractivity contribution is 7.89. The second kappa shape index (κ2) is 8.52. The maximum atomic E-state index is 13.0. The molecule has 0 bridgehead atoms. The number of piperidine rings is 1. The second-order valence-corrected chi connectivity index (χ2v) is 10.3. The molecule has 2 aromatic carbocycles. The van der Waals surface area contributed by atoms with Crippen molar-refractivity contribution in [3.8, 4) is 0 Å². The normalized spacial score (nSPS) is 17.4. The number of benzene rings is 2. The van der Waals surface area contributed by atoms with E-state index in [9.17, 15) is 18.0 Å². The molecule has 1 atom stereocenters. The van der Waals surface area contributed by atoms with E-state index in [2.05, 4.69) is 5.32 Å². The predicted octanol–water partition coefficient (Wildman–Crippen LogP) is 4.23. The number of rotatable bonds is 4. The van der Waals surface area contributed by atoms with Gasteiger partial charge < -0.3 is 9.73 Å². The summed E-state index contributed by atoms with van der Waals surface area (Å²) in [5, 5.41) is 3.10. The van der Waals surface area contributed by atoms with Crippen LogP contribution in [0.2, 0.25) is 0 Å². The van der Waals surface area contributed by atoms with Crippen LogP contribution in [-0.4, -0.2) is 31.2 Å². The number of anilines is 1. The van der Waals surface area contributed by atoms with Gasteiger partial charge in [-0.15, -0.1) is 0 Å². The Labute approximate surface area is 187 Å². The second-order valence-electron chi connectivity index (χ2n) is 8.37. The molecule has 1 amide bonds. The summed E-state index contributed by atoms with van der Waals surface area (Å²) in [6.45, 7) is 6.15. The molecule has 0 radical (unpaired) electrons. The molecule has 1 aliphatic heterocycles. The van der Waals surface area contributed by atoms with Crippen molar-refractivity contribution < 1.29 is 17.6 Å². The maximum Gasteiger partial charge on any atom is 0.291 e. The summed E-state index contributed by atoms with van der Waals surface area (Å²) in [5.74, 6) is -0.683. The van der Waals surface area contributed by atoms with Gasteiger partial charge in [-0.25, -0.2) is 8.42 Å². The fraction of sp³-hybridized carbons (Fsp3) is 0.333. The summed E-state index contributed by atoms with van der Waals surface area (Å²) in [5.41, 5.74) is 2.20. The van der Waals surface area contributed by atoms with E-state index in [4.69, 9.17) is 4.42 Å². The minimum absolute atomic E-state index is 0.0313. The van der Waals surface area contributed by atoms with Crippen molar-refractivity contribution in [2.45, 2.75) is 51.0 Å². The van der Waals surface area contributed by atoms with Gasteiger partial charge in [0, 0.05) is 24.3 Å². The van der Waals surface area contributed by atoms with Crippen molar-refractivity contribution in [1.82, 2.24) is 4.31 Å². The third-order valence-corrected chi connectivity index (χ3v) is 7.87. The number of nitrogens with one attached hydrogen (secondary N) is 1. The third kappa shape index (κ3) is 4.20. The Morgan fingerprint density at radius 3 is 2.50 bits per heavy atom. The first-order valence-corrected chi connectivity index (χ1v) is 12.1. The van der Waals surface area contributed by atoms with Gasteiger partial charge in [-0.05, 0) is 75.1 Å². The number of sulfonamides is 1. The Morgan fingerprint density at radius 1 is 1.09 bits per heavy atom. The molecule has 7 nitrogen and oxygen atoms in total. The highest BCUT2D eigenvalue weighted by Crippen LogP contribution is 2.26. The van der Waals surface area contributed by atoms with Crippen molar-refractivity contribution in [3.05, 3.63) is 69.6 Å². The largest absolute Gasteiger partial charge is 0.450 e. The number of fused-ring (bicyclic) bond motifs is 1. The van der Waals surface area contributed by atoms with Crippen molar-refractivity contribution in [1.29, 1.82) is 0 Å². The van der Waals surface area contributed by atoms with E-state index < -0.39 is 15.9 Å². The van der Waals surface area contributed by atoms with Crippen molar-refractivity contribution in [2.75, 3.05) is 11.9 Å². The molecule has 1 N–H and O–H groups in total. The molecular formula is C24H26N2O5S. The summed E-state index contributed by atoms with van der Waals surface area (Å²) < 4.78 is 33.2. The fourth-order valence-electron chi connectivity index (χ4n) is 4.19. The zero-order valence-corrected chi connectivity index (χ0v) is 19.2. The van der Waals surface area contributed by atoms with Gasteiger partial charge in [0.05, 0.1) is 10.3 Å². The lowest BCUT2D eigenvalue weighted by atomic mass is 10.1. The molecule has 0 aliphatic carbocycles. The van der Waals surface area contributed by atoms with Gasteiger partial charge in [0.25, 0.3) is 5.91 Å². The third-order valence-electron chi connectivity index (χ3n) is 5.84. The first kappa shape index (κ1) is 22.2. The van der Waals surface area contributed by atoms with E-state index in [1.54, 1.807) is 6.07 Å². The van der Waals surface area contributed by atoms with Gasteiger partial charge in [-0.1, -0.05) is 12.5 Å². The average molecular weight is 455 g/mol. The zero-order valence-electron chi connectivity index (χ0n) is 18.3. The lowest BCUT2D eigenvalue weighted by Gasteiger charge is -2.32. The van der Waals surface area contributed by atoms with Crippen molar-refractivity contribution >= 4 is 32.6 Å². The molecule has 1 aliphatic rings. The number of carbonyl (C=O) groups is 1. The monoisotopic (exact) mass is 454 g/mol. The van der Waals surface area contributed by atoms with E-state index in [-0.39, 0.29) is 22.1 Å². The van der Waals surface area contributed by atoms with Crippen LogP contribution in [0.4, 0.5) is 5.69 Å². The smallest absolute Gasteiger partial charge is 0.291 e. The number of nitrogens with zero attached hydrogens (tertiary/aromatic N) is 1. The van der Waals surface area contributed by atoms with E-state index in [0.29, 0.717) is 23.2 Å². The van der Waals surface area contributed by atoms with Gasteiger partial charge in [-0.3, -0.25) is 9.59 Å². The fourth-order valence-corrected chi connectivity index (χ4v) is 5.89. The molecule has 0 spiro atoms. The molecule has 1 aromatic heterocycles. The maximum absolute atomic E-state index is 13.0. The highest BCUT2D eigenvalue weighted by Gasteiger charge is 2.30. The standard InChI is InChI=1S/C24H26N2O5S/c1-15-12-16(2)23-20(13-15)21(27)14-22(31-23)24(28)25-18-7-9-19(10-8-18)32(29,30)26-11-5-4-6-17(26)3/h7-10,12-14,17H,4-6,11H2,1-3H3,(H,25,28)/t17-/m1/s1. The molecule has 2 heterocycles. The SMILES string of the molecule is Cc1cc(C)c2oc(C(=O)Nc3ccc(S(=O)(=O)N4CCCC[C@H]4C)cc3)cc(=O)c2c1. The summed E-state index contributed by atoms with van der Waals surface area (Å²) in [6.07, 6.45) is 2.74. The minimum Gasteiger partial charge on any atom is -0.450 e. The first-order valence-electron chi connectivity index (χ1n) is 10.6. The van der Waals surface area contributed by atoms with Gasteiger partial charge >= 0.3 is 0 Å². The van der Waals surface area contributed by atoms with E-state index in [0.717, 1.165) is 30.4 Å². The van der Waals surface area contributed by atoms with Crippen LogP contribution in [-0.2, 0) is 10.0 Å². The molecule has 3 aromatic rings. The predicted molar refractivity (Wildman–Crippen MR) is 124 cm³/mol. The molecule has 0 saturated carbocycles. The average Bonchev–Trinajstić information content (AvgIpc) is 2.75. The number of amides is 1. The lowest BCUT2D eigenvalue weighted by molar-refractivity contribution is 0.0997. The molecule has 1 saturated heterocycles. The van der Waals surface area contributed by atoms with Gasteiger partial charge in [-0.2, -0.15) is 4.31 Å². The Morgan fingerprint density at radius 2 is 1.81 bits per heavy atom. The summed E-state index contributed by atoms with van der Waals surface area (Å²) in [7, 11) is -3.59. The molecule has 8 heteroatoms. The molecule has 1 fully saturated rings. The van der Waals surface area contributed by atoms with Crippen LogP contribution in [0.15, 0.2) is 56.6 Å². The molecule has 0 unspecified atom stereocenters. The van der Waals surface area contributed by atoms with Gasteiger partial charge in [0.2, 0.25) is 10.0 Å². The summed E-state index contributed by atoms with van der Waals surface area (Å²) in [6, 6.07) is 10.8. The van der Waals surface area contributed by atoms with Gasteiger partial charge in [0.1, 0.15) is 5.58 Å². The Hall–Kier alpha value is -2.97.